The van der Waals surface area contributed by atoms with Crippen molar-refractivity contribution < 1.29 is 9.53 Å². The second-order valence-corrected chi connectivity index (χ2v) is 4.70. The van der Waals surface area contributed by atoms with Crippen LogP contribution in [0, 0.1) is 0 Å². The van der Waals surface area contributed by atoms with Crippen molar-refractivity contribution in [3.05, 3.63) is 71.3 Å². The number of hydrogen-bond acceptors (Lipinski definition) is 2. The molecule has 20 heavy (non-hydrogen) atoms. The molecule has 0 unspecified atom stereocenters. The summed E-state index contributed by atoms with van der Waals surface area (Å²) in [5, 5.41) is 0. The molecule has 0 N–H and O–H groups in total. The molecule has 0 amide bonds. The van der Waals surface area contributed by atoms with E-state index in [0.717, 1.165) is 22.4 Å². The van der Waals surface area contributed by atoms with Gasteiger partial charge in [-0.25, -0.2) is 0 Å². The Morgan fingerprint density at radius 1 is 1.10 bits per heavy atom. The van der Waals surface area contributed by atoms with Crippen LogP contribution in [0.2, 0.25) is 0 Å². The van der Waals surface area contributed by atoms with Crippen molar-refractivity contribution in [2.45, 2.75) is 13.3 Å². The summed E-state index contributed by atoms with van der Waals surface area (Å²) in [6.45, 7) is 1.60. The number of ether oxygens (including phenoxy) is 1. The number of carbonyl (C=O) groups excluding carboxylic acids is 1. The monoisotopic (exact) mass is 266 g/mol. The quantitative estimate of drug-likeness (QED) is 0.605. The van der Waals surface area contributed by atoms with Gasteiger partial charge in [-0.2, -0.15) is 0 Å². The maximum Gasteiger partial charge on any atom is 0.134 e. The highest BCUT2D eigenvalue weighted by atomic mass is 16.5. The van der Waals surface area contributed by atoms with Crippen LogP contribution in [-0.2, 0) is 16.0 Å². The van der Waals surface area contributed by atoms with Crippen LogP contribution in [0.15, 0.2) is 54.6 Å². The van der Waals surface area contributed by atoms with Gasteiger partial charge in [-0.1, -0.05) is 48.5 Å². The van der Waals surface area contributed by atoms with Gasteiger partial charge in [-0.3, -0.25) is 4.79 Å². The highest BCUT2D eigenvalue weighted by Gasteiger charge is 2.04. The first-order chi connectivity index (χ1) is 9.69. The molecule has 0 bridgehead atoms. The SMILES string of the molecule is COC(=Cc1ccccc1)c1cccc(CC(C)=O)c1. The first-order valence-electron chi connectivity index (χ1n) is 6.58. The molecule has 0 aliphatic rings. The molecule has 0 heterocycles. The number of benzene rings is 2. The van der Waals surface area contributed by atoms with Crippen LogP contribution >= 0.6 is 0 Å². The highest BCUT2D eigenvalue weighted by molar-refractivity contribution is 5.80. The molecular formula is C18H18O2. The molecule has 0 saturated heterocycles. The molecule has 0 aliphatic carbocycles. The first-order valence-corrected chi connectivity index (χ1v) is 6.58. The number of carbonyl (C=O) groups is 1. The Morgan fingerprint density at radius 2 is 1.85 bits per heavy atom. The zero-order chi connectivity index (χ0) is 14.4. The van der Waals surface area contributed by atoms with Crippen LogP contribution in [0.1, 0.15) is 23.6 Å². The Hall–Kier alpha value is -2.35. The fourth-order valence-electron chi connectivity index (χ4n) is 2.08. The lowest BCUT2D eigenvalue weighted by Crippen LogP contribution is -1.97. The summed E-state index contributed by atoms with van der Waals surface area (Å²) >= 11 is 0. The average Bonchev–Trinajstić information content (AvgIpc) is 2.45. The molecule has 0 saturated carbocycles. The van der Waals surface area contributed by atoms with Crippen molar-refractivity contribution in [1.29, 1.82) is 0 Å². The molecule has 2 nitrogen and oxygen atoms in total. The summed E-state index contributed by atoms with van der Waals surface area (Å²) in [6, 6.07) is 17.9. The van der Waals surface area contributed by atoms with Crippen molar-refractivity contribution >= 4 is 17.6 Å². The molecule has 0 aromatic heterocycles. The summed E-state index contributed by atoms with van der Waals surface area (Å²) in [6.07, 6.45) is 2.45. The number of ketones is 1. The summed E-state index contributed by atoms with van der Waals surface area (Å²) < 4.78 is 5.48. The largest absolute Gasteiger partial charge is 0.496 e. The van der Waals surface area contributed by atoms with E-state index in [1.165, 1.54) is 0 Å². The van der Waals surface area contributed by atoms with Gasteiger partial charge in [0.2, 0.25) is 0 Å². The van der Waals surface area contributed by atoms with Crippen molar-refractivity contribution in [2.75, 3.05) is 7.11 Å². The fourth-order valence-corrected chi connectivity index (χ4v) is 2.08. The third-order valence-corrected chi connectivity index (χ3v) is 2.98. The van der Waals surface area contributed by atoms with E-state index in [9.17, 15) is 4.79 Å². The van der Waals surface area contributed by atoms with E-state index in [0.29, 0.717) is 6.42 Å². The Morgan fingerprint density at radius 3 is 2.50 bits per heavy atom. The van der Waals surface area contributed by atoms with Gasteiger partial charge >= 0.3 is 0 Å². The van der Waals surface area contributed by atoms with Gasteiger partial charge in [0.25, 0.3) is 0 Å². The van der Waals surface area contributed by atoms with Gasteiger partial charge in [0.05, 0.1) is 7.11 Å². The van der Waals surface area contributed by atoms with Crippen molar-refractivity contribution in [3.8, 4) is 0 Å². The molecule has 0 spiro atoms. The first kappa shape index (κ1) is 14.1. The maximum absolute atomic E-state index is 11.2. The normalized spacial score (nSPS) is 11.2. The van der Waals surface area contributed by atoms with Crippen LogP contribution in [-0.4, -0.2) is 12.9 Å². The maximum atomic E-state index is 11.2. The van der Waals surface area contributed by atoms with Gasteiger partial charge in [0.15, 0.2) is 0 Å². The Kier molecular flexibility index (Phi) is 4.72. The number of Topliss-reactive ketones (excluding diaryl/α,β-unsaturated/α-hetero) is 1. The van der Waals surface area contributed by atoms with Crippen molar-refractivity contribution in [2.24, 2.45) is 0 Å². The van der Waals surface area contributed by atoms with E-state index in [4.69, 9.17) is 4.74 Å². The minimum absolute atomic E-state index is 0.160. The molecule has 2 rings (SSSR count). The van der Waals surface area contributed by atoms with Crippen LogP contribution in [0.25, 0.3) is 11.8 Å². The summed E-state index contributed by atoms with van der Waals surface area (Å²) in [5.74, 6) is 0.953. The molecule has 0 radical (unpaired) electrons. The van der Waals surface area contributed by atoms with Gasteiger partial charge in [-0.05, 0) is 30.2 Å². The van der Waals surface area contributed by atoms with Crippen molar-refractivity contribution in [3.63, 3.8) is 0 Å². The fraction of sp³-hybridized carbons (Fsp3) is 0.167. The second kappa shape index (κ2) is 6.71. The third-order valence-electron chi connectivity index (χ3n) is 2.98. The van der Waals surface area contributed by atoms with E-state index in [2.05, 4.69) is 0 Å². The lowest BCUT2D eigenvalue weighted by molar-refractivity contribution is -0.116. The topological polar surface area (TPSA) is 26.3 Å². The van der Waals surface area contributed by atoms with E-state index >= 15 is 0 Å². The Bertz CT molecular complexity index is 612. The van der Waals surface area contributed by atoms with Crippen LogP contribution in [0.4, 0.5) is 0 Å². The second-order valence-electron chi connectivity index (χ2n) is 4.70. The van der Waals surface area contributed by atoms with Gasteiger partial charge in [0, 0.05) is 12.0 Å². The number of methoxy groups -OCH3 is 1. The van der Waals surface area contributed by atoms with Crippen molar-refractivity contribution in [1.82, 2.24) is 0 Å². The van der Waals surface area contributed by atoms with E-state index < -0.39 is 0 Å². The summed E-state index contributed by atoms with van der Waals surface area (Å²) in [7, 11) is 1.66. The standard InChI is InChI=1S/C18H18O2/c1-14(19)11-16-9-6-10-17(12-16)18(20-2)13-15-7-4-3-5-8-15/h3-10,12-13H,11H2,1-2H3. The predicted octanol–water partition coefficient (Wildman–Crippen LogP) is 3.96. The summed E-state index contributed by atoms with van der Waals surface area (Å²) in [5.41, 5.74) is 3.07. The third kappa shape index (κ3) is 3.82. The molecular weight excluding hydrogens is 248 g/mol. The molecule has 2 heteroatoms. The zero-order valence-electron chi connectivity index (χ0n) is 11.8. The Balaban J connectivity index is 2.32. The van der Waals surface area contributed by atoms with E-state index in [1.807, 2.05) is 60.7 Å². The average molecular weight is 266 g/mol. The predicted molar refractivity (Wildman–Crippen MR) is 82.1 cm³/mol. The van der Waals surface area contributed by atoms with Gasteiger partial charge in [-0.15, -0.1) is 0 Å². The zero-order valence-corrected chi connectivity index (χ0v) is 11.8. The molecule has 2 aromatic carbocycles. The van der Waals surface area contributed by atoms with E-state index in [-0.39, 0.29) is 5.78 Å². The molecule has 102 valence electrons. The van der Waals surface area contributed by atoms with Crippen LogP contribution in [0.3, 0.4) is 0 Å². The number of hydrogen-bond donors (Lipinski definition) is 0. The van der Waals surface area contributed by atoms with Gasteiger partial charge < -0.3 is 4.74 Å². The lowest BCUT2D eigenvalue weighted by atomic mass is 10.0. The van der Waals surface area contributed by atoms with Crippen LogP contribution in [0.5, 0.6) is 0 Å². The highest BCUT2D eigenvalue weighted by Crippen LogP contribution is 2.20. The van der Waals surface area contributed by atoms with E-state index in [1.54, 1.807) is 14.0 Å². The molecule has 0 aliphatic heterocycles. The summed E-state index contributed by atoms with van der Waals surface area (Å²) in [4.78, 5) is 11.2. The lowest BCUT2D eigenvalue weighted by Gasteiger charge is -2.08. The minimum atomic E-state index is 0.160. The smallest absolute Gasteiger partial charge is 0.134 e. The molecule has 0 atom stereocenters. The Labute approximate surface area is 119 Å². The molecule has 0 fully saturated rings. The number of rotatable bonds is 5. The molecule has 2 aromatic rings. The minimum Gasteiger partial charge on any atom is -0.496 e. The van der Waals surface area contributed by atoms with Crippen LogP contribution < -0.4 is 0 Å². The van der Waals surface area contributed by atoms with Gasteiger partial charge in [0.1, 0.15) is 11.5 Å².